The van der Waals surface area contributed by atoms with E-state index < -0.39 is 0 Å². The maximum absolute atomic E-state index is 11.3. The van der Waals surface area contributed by atoms with Crippen molar-refractivity contribution in [3.63, 3.8) is 0 Å². The van der Waals surface area contributed by atoms with Gasteiger partial charge in [-0.2, -0.15) is 5.26 Å². The number of nitriles is 1. The van der Waals surface area contributed by atoms with E-state index in [9.17, 15) is 9.59 Å². The van der Waals surface area contributed by atoms with E-state index in [0.717, 1.165) is 0 Å². The van der Waals surface area contributed by atoms with Crippen LogP contribution in [0.3, 0.4) is 0 Å². The second-order valence-electron chi connectivity index (χ2n) is 3.92. The Morgan fingerprint density at radius 1 is 1.17 bits per heavy atom. The fraction of sp³-hybridized carbons (Fsp3) is 0.308. The van der Waals surface area contributed by atoms with Crippen LogP contribution in [0.25, 0.3) is 0 Å². The molecule has 0 aliphatic carbocycles. The van der Waals surface area contributed by atoms with Gasteiger partial charge in [0.05, 0.1) is 18.2 Å². The molecule has 0 atom stereocenters. The number of ether oxygens (including phenoxy) is 1. The summed E-state index contributed by atoms with van der Waals surface area (Å²) >= 11 is 0. The van der Waals surface area contributed by atoms with E-state index in [1.165, 1.54) is 4.90 Å². The predicted octanol–water partition coefficient (Wildman–Crippen LogP) is 1.09. The lowest BCUT2D eigenvalue weighted by Crippen LogP contribution is -2.33. The summed E-state index contributed by atoms with van der Waals surface area (Å²) in [5.74, 6) is 0.347. The Balaban J connectivity index is 1.83. The van der Waals surface area contributed by atoms with Crippen molar-refractivity contribution in [3.05, 3.63) is 29.8 Å². The smallest absolute Gasteiger partial charge is 0.229 e. The van der Waals surface area contributed by atoms with E-state index >= 15 is 0 Å². The van der Waals surface area contributed by atoms with E-state index in [1.807, 2.05) is 6.07 Å². The summed E-state index contributed by atoms with van der Waals surface area (Å²) in [6.45, 7) is 0.543. The van der Waals surface area contributed by atoms with E-state index in [2.05, 4.69) is 0 Å². The number of rotatable bonds is 4. The first-order valence-electron chi connectivity index (χ1n) is 5.67. The SMILES string of the molecule is N#Cc1ccc(OCCN2C(=O)CCC2=O)cc1. The molecule has 0 radical (unpaired) electrons. The second-order valence-corrected chi connectivity index (χ2v) is 3.92. The first-order chi connectivity index (χ1) is 8.70. The highest BCUT2D eigenvalue weighted by Gasteiger charge is 2.28. The zero-order valence-electron chi connectivity index (χ0n) is 9.76. The van der Waals surface area contributed by atoms with Gasteiger partial charge < -0.3 is 4.74 Å². The normalized spacial score (nSPS) is 14.7. The van der Waals surface area contributed by atoms with E-state index in [1.54, 1.807) is 24.3 Å². The third-order valence-corrected chi connectivity index (χ3v) is 2.72. The number of hydrogen-bond donors (Lipinski definition) is 0. The standard InChI is InChI=1S/C13H12N2O3/c14-9-10-1-3-11(4-2-10)18-8-7-15-12(16)5-6-13(15)17/h1-4H,5-8H2. The lowest BCUT2D eigenvalue weighted by molar-refractivity contribution is -0.138. The highest BCUT2D eigenvalue weighted by molar-refractivity contribution is 6.01. The molecule has 0 saturated carbocycles. The predicted molar refractivity (Wildman–Crippen MR) is 62.6 cm³/mol. The lowest BCUT2D eigenvalue weighted by Gasteiger charge is -2.14. The van der Waals surface area contributed by atoms with Gasteiger partial charge >= 0.3 is 0 Å². The molecule has 2 rings (SSSR count). The van der Waals surface area contributed by atoms with Crippen LogP contribution in [-0.2, 0) is 9.59 Å². The molecule has 0 spiro atoms. The Labute approximate surface area is 105 Å². The number of carbonyl (C=O) groups excluding carboxylic acids is 2. The highest BCUT2D eigenvalue weighted by atomic mass is 16.5. The molecule has 1 fully saturated rings. The summed E-state index contributed by atoms with van der Waals surface area (Å²) in [6, 6.07) is 8.70. The molecule has 0 bridgehead atoms. The minimum Gasteiger partial charge on any atom is -0.492 e. The zero-order valence-corrected chi connectivity index (χ0v) is 9.76. The topological polar surface area (TPSA) is 70.4 Å². The summed E-state index contributed by atoms with van der Waals surface area (Å²) in [4.78, 5) is 23.9. The van der Waals surface area contributed by atoms with Crippen molar-refractivity contribution < 1.29 is 14.3 Å². The average Bonchev–Trinajstić information content (AvgIpc) is 2.71. The van der Waals surface area contributed by atoms with Gasteiger partial charge in [-0.15, -0.1) is 0 Å². The summed E-state index contributed by atoms with van der Waals surface area (Å²) in [6.07, 6.45) is 0.603. The van der Waals surface area contributed by atoms with Gasteiger partial charge in [-0.25, -0.2) is 0 Å². The van der Waals surface area contributed by atoms with Crippen LogP contribution in [0, 0.1) is 11.3 Å². The number of hydrogen-bond acceptors (Lipinski definition) is 4. The second kappa shape index (κ2) is 5.32. The van der Waals surface area contributed by atoms with Crippen molar-refractivity contribution in [1.82, 2.24) is 4.90 Å². The van der Waals surface area contributed by atoms with Crippen molar-refractivity contribution in [2.24, 2.45) is 0 Å². The lowest BCUT2D eigenvalue weighted by atomic mass is 10.2. The van der Waals surface area contributed by atoms with Crippen LogP contribution in [0.4, 0.5) is 0 Å². The molecule has 0 N–H and O–H groups in total. The van der Waals surface area contributed by atoms with Gasteiger partial charge in [-0.05, 0) is 24.3 Å². The Hall–Kier alpha value is -2.35. The number of imide groups is 1. The van der Waals surface area contributed by atoms with Gasteiger partial charge in [0, 0.05) is 12.8 Å². The van der Waals surface area contributed by atoms with Crippen LogP contribution in [0.5, 0.6) is 5.75 Å². The van der Waals surface area contributed by atoms with Crippen molar-refractivity contribution in [3.8, 4) is 11.8 Å². The molecule has 18 heavy (non-hydrogen) atoms. The molecule has 92 valence electrons. The van der Waals surface area contributed by atoms with E-state index in [4.69, 9.17) is 10.00 Å². The molecule has 1 heterocycles. The maximum atomic E-state index is 11.3. The fourth-order valence-electron chi connectivity index (χ4n) is 1.75. The van der Waals surface area contributed by atoms with Crippen LogP contribution in [0.15, 0.2) is 24.3 Å². The highest BCUT2D eigenvalue weighted by Crippen LogP contribution is 2.13. The third kappa shape index (κ3) is 2.66. The zero-order chi connectivity index (χ0) is 13.0. The molecule has 0 aromatic heterocycles. The Morgan fingerprint density at radius 3 is 2.33 bits per heavy atom. The van der Waals surface area contributed by atoms with E-state index in [-0.39, 0.29) is 25.0 Å². The van der Waals surface area contributed by atoms with Crippen LogP contribution in [0.2, 0.25) is 0 Å². The number of carbonyl (C=O) groups is 2. The molecular weight excluding hydrogens is 232 g/mol. The number of nitrogens with zero attached hydrogens (tertiary/aromatic N) is 2. The first kappa shape index (κ1) is 12.1. The van der Waals surface area contributed by atoms with Crippen molar-refractivity contribution >= 4 is 11.8 Å². The third-order valence-electron chi connectivity index (χ3n) is 2.72. The number of benzene rings is 1. The van der Waals surface area contributed by atoms with Crippen LogP contribution >= 0.6 is 0 Å². The summed E-state index contributed by atoms with van der Waals surface area (Å²) < 4.78 is 5.41. The van der Waals surface area contributed by atoms with Crippen LogP contribution < -0.4 is 4.74 Å². The summed E-state index contributed by atoms with van der Waals surface area (Å²) in [7, 11) is 0. The average molecular weight is 244 g/mol. The van der Waals surface area contributed by atoms with E-state index in [0.29, 0.717) is 24.2 Å². The fourth-order valence-corrected chi connectivity index (χ4v) is 1.75. The molecule has 1 aromatic rings. The van der Waals surface area contributed by atoms with Crippen molar-refractivity contribution in [2.45, 2.75) is 12.8 Å². The van der Waals surface area contributed by atoms with Gasteiger partial charge in [-0.1, -0.05) is 0 Å². The van der Waals surface area contributed by atoms with Crippen LogP contribution in [-0.4, -0.2) is 29.9 Å². The largest absolute Gasteiger partial charge is 0.492 e. The summed E-state index contributed by atoms with van der Waals surface area (Å²) in [5.41, 5.74) is 0.562. The molecule has 0 unspecified atom stereocenters. The monoisotopic (exact) mass is 244 g/mol. The summed E-state index contributed by atoms with van der Waals surface area (Å²) in [5, 5.41) is 8.63. The Morgan fingerprint density at radius 2 is 1.78 bits per heavy atom. The Bertz CT molecular complexity index is 486. The molecular formula is C13H12N2O3. The van der Waals surface area contributed by atoms with Crippen LogP contribution in [0.1, 0.15) is 18.4 Å². The van der Waals surface area contributed by atoms with Gasteiger partial charge in [-0.3, -0.25) is 14.5 Å². The molecule has 5 nitrogen and oxygen atoms in total. The molecule has 1 saturated heterocycles. The van der Waals surface area contributed by atoms with Crippen molar-refractivity contribution in [1.29, 1.82) is 5.26 Å². The quantitative estimate of drug-likeness (QED) is 0.743. The maximum Gasteiger partial charge on any atom is 0.229 e. The van der Waals surface area contributed by atoms with Gasteiger partial charge in [0.2, 0.25) is 11.8 Å². The van der Waals surface area contributed by atoms with Crippen molar-refractivity contribution in [2.75, 3.05) is 13.2 Å². The van der Waals surface area contributed by atoms with Gasteiger partial charge in [0.15, 0.2) is 0 Å². The minimum absolute atomic E-state index is 0.136. The van der Waals surface area contributed by atoms with Gasteiger partial charge in [0.1, 0.15) is 12.4 Å². The minimum atomic E-state index is -0.136. The molecule has 5 heteroatoms. The number of likely N-dealkylation sites (tertiary alicyclic amines) is 1. The number of amides is 2. The first-order valence-corrected chi connectivity index (χ1v) is 5.67. The molecule has 2 amide bonds. The van der Waals surface area contributed by atoms with Gasteiger partial charge in [0.25, 0.3) is 0 Å². The Kier molecular flexibility index (Phi) is 3.58. The molecule has 1 aromatic carbocycles. The molecule has 1 aliphatic rings. The molecule has 1 aliphatic heterocycles.